The van der Waals surface area contributed by atoms with Gasteiger partial charge in [-0.2, -0.15) is 26.3 Å². The van der Waals surface area contributed by atoms with Crippen molar-refractivity contribution in [2.24, 2.45) is 0 Å². The van der Waals surface area contributed by atoms with Gasteiger partial charge in [0, 0.05) is 22.0 Å². The van der Waals surface area contributed by atoms with Crippen molar-refractivity contribution in [2.75, 3.05) is 0 Å². The summed E-state index contributed by atoms with van der Waals surface area (Å²) in [5.41, 5.74) is 3.98. The molecule has 5 nitrogen and oxygen atoms in total. The van der Waals surface area contributed by atoms with Gasteiger partial charge in [-0.1, -0.05) is 30.3 Å². The van der Waals surface area contributed by atoms with Crippen LogP contribution in [0.2, 0.25) is 0 Å². The lowest BCUT2D eigenvalue weighted by atomic mass is 9.96. The van der Waals surface area contributed by atoms with E-state index in [-0.39, 0.29) is 0 Å². The lowest BCUT2D eigenvalue weighted by molar-refractivity contribution is -0.138. The van der Waals surface area contributed by atoms with E-state index in [2.05, 4.69) is 19.8 Å². The van der Waals surface area contributed by atoms with Crippen LogP contribution in [0.5, 0.6) is 0 Å². The second-order valence-electron chi connectivity index (χ2n) is 12.5. The zero-order chi connectivity index (χ0) is 36.4. The first-order chi connectivity index (χ1) is 24.1. The topological polar surface area (TPSA) is 48.0 Å². The Labute approximate surface area is 288 Å². The number of nitrogens with zero attached hydrogens (tertiary/aromatic N) is 5. The summed E-state index contributed by atoms with van der Waals surface area (Å²) in [7, 11) is 0. The monoisotopic (exact) mass is 691 g/mol. The van der Waals surface area contributed by atoms with E-state index in [1.54, 1.807) is 88.4 Å². The summed E-state index contributed by atoms with van der Waals surface area (Å²) in [5.74, 6) is 1.39. The van der Waals surface area contributed by atoms with Crippen LogP contribution in [-0.2, 0) is 12.4 Å². The van der Waals surface area contributed by atoms with E-state index in [0.29, 0.717) is 89.6 Å². The molecule has 0 saturated heterocycles. The second kappa shape index (κ2) is 12.1. The summed E-state index contributed by atoms with van der Waals surface area (Å²) in [5, 5.41) is 1.33. The first-order valence-corrected chi connectivity index (χ1v) is 15.8. The van der Waals surface area contributed by atoms with E-state index in [1.807, 2.05) is 10.6 Å². The van der Waals surface area contributed by atoms with Gasteiger partial charge in [0.2, 0.25) is 0 Å². The molecule has 5 aromatic carbocycles. The number of alkyl halides is 6. The number of aryl methyl sites for hydroxylation is 4. The van der Waals surface area contributed by atoms with E-state index < -0.39 is 23.5 Å². The Balaban J connectivity index is 1.48. The number of hydrogen-bond acceptors (Lipinski definition) is 3. The molecule has 2 heterocycles. The Hall–Kier alpha value is -6.02. The minimum atomic E-state index is -4.54. The quantitative estimate of drug-likeness (QED) is 0.136. The zero-order valence-electron chi connectivity index (χ0n) is 27.7. The molecule has 0 atom stereocenters. The van der Waals surface area contributed by atoms with Crippen molar-refractivity contribution in [3.63, 3.8) is 0 Å². The summed E-state index contributed by atoms with van der Waals surface area (Å²) >= 11 is 0. The van der Waals surface area contributed by atoms with Gasteiger partial charge in [-0.25, -0.2) is 19.8 Å². The van der Waals surface area contributed by atoms with Gasteiger partial charge in [0.05, 0.1) is 28.7 Å². The van der Waals surface area contributed by atoms with Gasteiger partial charge in [0.1, 0.15) is 11.6 Å². The van der Waals surface area contributed by atoms with Crippen molar-refractivity contribution >= 4 is 27.5 Å². The molecule has 0 aliphatic rings. The Bertz CT molecular complexity index is 2430. The molecule has 11 heteroatoms. The van der Waals surface area contributed by atoms with Crippen LogP contribution in [0.4, 0.5) is 32.0 Å². The first-order valence-electron chi connectivity index (χ1n) is 15.8. The largest absolute Gasteiger partial charge is 0.416 e. The van der Waals surface area contributed by atoms with E-state index in [1.165, 1.54) is 0 Å². The van der Waals surface area contributed by atoms with Crippen LogP contribution in [0.15, 0.2) is 91.0 Å². The van der Waals surface area contributed by atoms with Crippen LogP contribution in [0.25, 0.3) is 66.0 Å². The van der Waals surface area contributed by atoms with Gasteiger partial charge in [-0.3, -0.25) is 0 Å². The van der Waals surface area contributed by atoms with Crippen LogP contribution < -0.4 is 0 Å². The third-order valence-electron chi connectivity index (χ3n) is 8.70. The molecule has 2 aromatic heterocycles. The summed E-state index contributed by atoms with van der Waals surface area (Å²) in [6, 6.07) is 23.7. The average Bonchev–Trinajstić information content (AvgIpc) is 3.39. The van der Waals surface area contributed by atoms with Crippen molar-refractivity contribution in [2.45, 2.75) is 40.0 Å². The van der Waals surface area contributed by atoms with Crippen molar-refractivity contribution in [3.8, 4) is 39.3 Å². The maximum atomic E-state index is 13.8. The van der Waals surface area contributed by atoms with E-state index >= 15 is 0 Å². The van der Waals surface area contributed by atoms with Crippen molar-refractivity contribution in [1.82, 2.24) is 19.5 Å². The lowest BCUT2D eigenvalue weighted by Gasteiger charge is -2.13. The highest BCUT2D eigenvalue weighted by molar-refractivity contribution is 6.11. The highest BCUT2D eigenvalue weighted by atomic mass is 19.4. The molecular formula is C40H27F6N5. The van der Waals surface area contributed by atoms with Gasteiger partial charge >= 0.3 is 12.4 Å². The van der Waals surface area contributed by atoms with E-state index in [4.69, 9.17) is 6.57 Å². The molecule has 7 aromatic rings. The normalized spacial score (nSPS) is 12.1. The maximum absolute atomic E-state index is 13.8. The predicted octanol–water partition coefficient (Wildman–Crippen LogP) is 11.8. The minimum Gasteiger partial charge on any atom is -0.311 e. The third-order valence-corrected chi connectivity index (χ3v) is 8.70. The van der Waals surface area contributed by atoms with Crippen LogP contribution in [0.1, 0.15) is 33.9 Å². The zero-order valence-corrected chi connectivity index (χ0v) is 27.7. The summed E-state index contributed by atoms with van der Waals surface area (Å²) in [4.78, 5) is 16.8. The van der Waals surface area contributed by atoms with Gasteiger partial charge in [-0.05, 0) is 122 Å². The van der Waals surface area contributed by atoms with Crippen LogP contribution in [0.3, 0.4) is 0 Å². The van der Waals surface area contributed by atoms with Crippen LogP contribution in [-0.4, -0.2) is 19.5 Å². The predicted molar refractivity (Wildman–Crippen MR) is 186 cm³/mol. The van der Waals surface area contributed by atoms with Crippen molar-refractivity contribution < 1.29 is 26.3 Å². The van der Waals surface area contributed by atoms with Gasteiger partial charge < -0.3 is 4.57 Å². The number of benzene rings is 5. The summed E-state index contributed by atoms with van der Waals surface area (Å²) in [6.45, 7) is 14.7. The Morgan fingerprint density at radius 1 is 0.549 bits per heavy atom. The van der Waals surface area contributed by atoms with Crippen LogP contribution in [0, 0.1) is 34.3 Å². The maximum Gasteiger partial charge on any atom is 0.416 e. The molecule has 0 aliphatic heterocycles. The smallest absolute Gasteiger partial charge is 0.311 e. The van der Waals surface area contributed by atoms with Crippen LogP contribution >= 0.6 is 0 Å². The molecule has 0 fully saturated rings. The van der Waals surface area contributed by atoms with Crippen molar-refractivity contribution in [1.29, 1.82) is 0 Å². The number of aromatic nitrogens is 4. The van der Waals surface area contributed by atoms with Gasteiger partial charge in [-0.15, -0.1) is 0 Å². The van der Waals surface area contributed by atoms with Crippen molar-refractivity contribution in [3.05, 3.63) is 136 Å². The lowest BCUT2D eigenvalue weighted by Crippen LogP contribution is -2.05. The number of hydrogen-bond donors (Lipinski definition) is 0. The Kier molecular flexibility index (Phi) is 7.93. The molecule has 0 radical (unpaired) electrons. The molecule has 0 saturated carbocycles. The van der Waals surface area contributed by atoms with Gasteiger partial charge in [0.25, 0.3) is 0 Å². The fraction of sp³-hybridized carbons (Fsp3) is 0.150. The van der Waals surface area contributed by atoms with Gasteiger partial charge in [0.15, 0.2) is 11.5 Å². The standard InChI is InChI=1S/C40H27F6N5/c1-21-12-27(16-29(14-21)39(41,42)43)25-6-10-36-33(18-25)34-19-26(28-13-22(2)15-30(17-28)40(44,45)46)7-11-37(34)51(36)31-8-9-32(35(20-31)47-5)38-49-23(3)48-24(4)50-38/h6-20H,1-4H3. The Morgan fingerprint density at radius 3 is 1.49 bits per heavy atom. The second-order valence-corrected chi connectivity index (χ2v) is 12.5. The Morgan fingerprint density at radius 2 is 1.04 bits per heavy atom. The molecule has 0 spiro atoms. The molecular weight excluding hydrogens is 664 g/mol. The number of fused-ring (bicyclic) bond motifs is 3. The molecule has 51 heavy (non-hydrogen) atoms. The number of rotatable bonds is 4. The molecule has 0 aliphatic carbocycles. The third kappa shape index (κ3) is 6.29. The highest BCUT2D eigenvalue weighted by Gasteiger charge is 2.32. The molecule has 0 unspecified atom stereocenters. The summed E-state index contributed by atoms with van der Waals surface area (Å²) < 4.78 is 84.6. The fourth-order valence-corrected chi connectivity index (χ4v) is 6.56. The first kappa shape index (κ1) is 33.5. The molecule has 0 bridgehead atoms. The minimum absolute atomic E-state index is 0.291. The summed E-state index contributed by atoms with van der Waals surface area (Å²) in [6.07, 6.45) is -9.07. The fourth-order valence-electron chi connectivity index (χ4n) is 6.56. The average molecular weight is 692 g/mol. The van der Waals surface area contributed by atoms with E-state index in [0.717, 1.165) is 24.3 Å². The molecule has 254 valence electrons. The molecule has 7 rings (SSSR count). The molecule has 0 N–H and O–H groups in total. The van der Waals surface area contributed by atoms with E-state index in [9.17, 15) is 26.3 Å². The highest BCUT2D eigenvalue weighted by Crippen LogP contribution is 2.41. The number of halogens is 6. The molecule has 0 amide bonds. The SMILES string of the molecule is [C-]#[N+]c1cc(-n2c3ccc(-c4cc(C)cc(C(F)(F)F)c4)cc3c3cc(-c4cc(C)cc(C(F)(F)F)c4)ccc32)ccc1-c1nc(C)nc(C)n1.